The molecule has 1 aromatic carbocycles. The van der Waals surface area contributed by atoms with Crippen LogP contribution in [0.1, 0.15) is 11.3 Å². The summed E-state index contributed by atoms with van der Waals surface area (Å²) in [6.45, 7) is 2.17. The number of aromatic amines is 1. The Hall–Kier alpha value is -2.32. The highest BCUT2D eigenvalue weighted by Gasteiger charge is 2.10. The number of amides is 1. The van der Waals surface area contributed by atoms with Gasteiger partial charge in [-0.15, -0.1) is 0 Å². The van der Waals surface area contributed by atoms with E-state index in [0.29, 0.717) is 22.3 Å². The summed E-state index contributed by atoms with van der Waals surface area (Å²) in [6, 6.07) is 6.90. The number of carbonyl (C=O) groups is 1. The van der Waals surface area contributed by atoms with Gasteiger partial charge in [-0.3, -0.25) is 9.59 Å². The monoisotopic (exact) mass is 349 g/mol. The van der Waals surface area contributed by atoms with Gasteiger partial charge in [0.25, 0.3) is 5.56 Å². The number of aryl methyl sites for hydroxylation is 1. The Morgan fingerprint density at radius 1 is 1.33 bits per heavy atom. The summed E-state index contributed by atoms with van der Waals surface area (Å²) >= 11 is 1.14. The number of hydrogen-bond acceptors (Lipinski definition) is 6. The molecule has 0 fully saturated rings. The fourth-order valence-corrected chi connectivity index (χ4v) is 2.71. The molecular weight excluding hydrogens is 330 g/mol. The minimum absolute atomic E-state index is 0.108. The maximum Gasteiger partial charge on any atom is 0.251 e. The van der Waals surface area contributed by atoms with E-state index in [4.69, 9.17) is 9.47 Å². The Morgan fingerprint density at radius 2 is 2.12 bits per heavy atom. The maximum atomic E-state index is 12.1. The predicted octanol–water partition coefficient (Wildman–Crippen LogP) is 1.96. The van der Waals surface area contributed by atoms with Crippen LogP contribution in [-0.2, 0) is 16.1 Å². The lowest BCUT2D eigenvalue weighted by Gasteiger charge is -2.11. The van der Waals surface area contributed by atoms with Gasteiger partial charge < -0.3 is 19.8 Å². The second-order valence-corrected chi connectivity index (χ2v) is 5.98. The lowest BCUT2D eigenvalue weighted by atomic mass is 10.2. The molecule has 2 rings (SSSR count). The highest BCUT2D eigenvalue weighted by atomic mass is 32.2. The van der Waals surface area contributed by atoms with Crippen LogP contribution in [0, 0.1) is 6.92 Å². The first kappa shape index (κ1) is 18.0. The summed E-state index contributed by atoms with van der Waals surface area (Å²) < 4.78 is 10.2. The standard InChI is InChI=1S/C16H19N3O4S/c1-10-4-5-13(23-3)12(6-10)18-15(21)9-24-16-17-11(8-22-2)7-14(20)19-16/h4-7H,8-9H2,1-3H3,(H,18,21)(H,17,19,20). The molecule has 1 aromatic heterocycles. The normalized spacial score (nSPS) is 10.5. The summed E-state index contributed by atoms with van der Waals surface area (Å²) in [7, 11) is 3.07. The van der Waals surface area contributed by atoms with Gasteiger partial charge in [-0.1, -0.05) is 17.8 Å². The van der Waals surface area contributed by atoms with E-state index in [1.54, 1.807) is 13.2 Å². The van der Waals surface area contributed by atoms with Crippen molar-refractivity contribution in [2.45, 2.75) is 18.7 Å². The average Bonchev–Trinajstić information content (AvgIpc) is 2.53. The first-order valence-corrected chi connectivity index (χ1v) is 8.17. The van der Waals surface area contributed by atoms with Crippen LogP contribution in [0.2, 0.25) is 0 Å². The first-order chi connectivity index (χ1) is 11.5. The number of methoxy groups -OCH3 is 2. The highest BCUT2D eigenvalue weighted by molar-refractivity contribution is 7.99. The van der Waals surface area contributed by atoms with Crippen molar-refractivity contribution in [3.63, 3.8) is 0 Å². The molecule has 0 aliphatic heterocycles. The smallest absolute Gasteiger partial charge is 0.251 e. The van der Waals surface area contributed by atoms with Gasteiger partial charge in [0.15, 0.2) is 5.16 Å². The number of carbonyl (C=O) groups excluding carboxylic acids is 1. The Labute approximate surface area is 143 Å². The molecule has 2 N–H and O–H groups in total. The fraction of sp³-hybridized carbons (Fsp3) is 0.312. The third-order valence-electron chi connectivity index (χ3n) is 3.03. The van der Waals surface area contributed by atoms with E-state index in [9.17, 15) is 9.59 Å². The minimum Gasteiger partial charge on any atom is -0.495 e. The number of H-pyrrole nitrogens is 1. The van der Waals surface area contributed by atoms with Crippen molar-refractivity contribution in [3.8, 4) is 5.75 Å². The summed E-state index contributed by atoms with van der Waals surface area (Å²) in [4.78, 5) is 30.5. The molecule has 8 heteroatoms. The van der Waals surface area contributed by atoms with Crippen LogP contribution < -0.4 is 15.6 Å². The molecule has 1 heterocycles. The van der Waals surface area contributed by atoms with Crippen molar-refractivity contribution < 1.29 is 14.3 Å². The van der Waals surface area contributed by atoms with Crippen molar-refractivity contribution in [2.24, 2.45) is 0 Å². The van der Waals surface area contributed by atoms with Crippen LogP contribution in [0.5, 0.6) is 5.75 Å². The Kier molecular flexibility index (Phi) is 6.39. The summed E-state index contributed by atoms with van der Waals surface area (Å²) in [6.07, 6.45) is 0. The lowest BCUT2D eigenvalue weighted by molar-refractivity contribution is -0.113. The van der Waals surface area contributed by atoms with E-state index in [1.165, 1.54) is 13.2 Å². The van der Waals surface area contributed by atoms with E-state index >= 15 is 0 Å². The molecule has 0 aliphatic carbocycles. The highest BCUT2D eigenvalue weighted by Crippen LogP contribution is 2.25. The van der Waals surface area contributed by atoms with Gasteiger partial charge in [0.2, 0.25) is 5.91 Å². The molecule has 7 nitrogen and oxygen atoms in total. The van der Waals surface area contributed by atoms with Gasteiger partial charge >= 0.3 is 0 Å². The quantitative estimate of drug-likeness (QED) is 0.586. The van der Waals surface area contributed by atoms with Crippen molar-refractivity contribution >= 4 is 23.4 Å². The summed E-state index contributed by atoms with van der Waals surface area (Å²) in [5, 5.41) is 3.17. The second-order valence-electron chi connectivity index (χ2n) is 5.02. The Balaban J connectivity index is 2.01. The molecular formula is C16H19N3O4S. The van der Waals surface area contributed by atoms with Crippen molar-refractivity contribution in [3.05, 3.63) is 45.9 Å². The molecule has 0 spiro atoms. The summed E-state index contributed by atoms with van der Waals surface area (Å²) in [5.41, 5.74) is 1.86. The molecule has 2 aromatic rings. The van der Waals surface area contributed by atoms with Gasteiger partial charge in [-0.2, -0.15) is 0 Å². The third-order valence-corrected chi connectivity index (χ3v) is 3.91. The largest absolute Gasteiger partial charge is 0.495 e. The van der Waals surface area contributed by atoms with Crippen LogP contribution in [0.3, 0.4) is 0 Å². The van der Waals surface area contributed by atoms with Crippen LogP contribution in [0.4, 0.5) is 5.69 Å². The molecule has 128 valence electrons. The zero-order valence-corrected chi connectivity index (χ0v) is 14.5. The molecule has 1 amide bonds. The first-order valence-electron chi connectivity index (χ1n) is 7.18. The molecule has 0 atom stereocenters. The third kappa shape index (κ3) is 5.10. The number of ether oxygens (including phenoxy) is 2. The zero-order chi connectivity index (χ0) is 17.5. The number of benzene rings is 1. The number of nitrogens with one attached hydrogen (secondary N) is 2. The summed E-state index contributed by atoms with van der Waals surface area (Å²) in [5.74, 6) is 0.479. The van der Waals surface area contributed by atoms with E-state index in [2.05, 4.69) is 15.3 Å². The van der Waals surface area contributed by atoms with Crippen LogP contribution in [-0.4, -0.2) is 35.8 Å². The van der Waals surface area contributed by atoms with E-state index < -0.39 is 0 Å². The molecule has 0 unspecified atom stereocenters. The van der Waals surface area contributed by atoms with Crippen molar-refractivity contribution in [1.29, 1.82) is 0 Å². The molecule has 0 radical (unpaired) electrons. The number of aromatic nitrogens is 2. The predicted molar refractivity (Wildman–Crippen MR) is 92.7 cm³/mol. The number of hydrogen-bond donors (Lipinski definition) is 2. The minimum atomic E-state index is -0.277. The second kappa shape index (κ2) is 8.51. The number of rotatable bonds is 7. The molecule has 0 aliphatic rings. The lowest BCUT2D eigenvalue weighted by Crippen LogP contribution is -2.16. The van der Waals surface area contributed by atoms with Gasteiger partial charge in [-0.25, -0.2) is 4.98 Å². The molecule has 0 saturated carbocycles. The molecule has 24 heavy (non-hydrogen) atoms. The average molecular weight is 349 g/mol. The number of nitrogens with zero attached hydrogens (tertiary/aromatic N) is 1. The van der Waals surface area contributed by atoms with E-state index in [-0.39, 0.29) is 23.8 Å². The maximum absolute atomic E-state index is 12.1. The van der Waals surface area contributed by atoms with Crippen molar-refractivity contribution in [2.75, 3.05) is 25.3 Å². The van der Waals surface area contributed by atoms with E-state index in [1.807, 2.05) is 19.1 Å². The van der Waals surface area contributed by atoms with Crippen LogP contribution in [0.25, 0.3) is 0 Å². The van der Waals surface area contributed by atoms with Crippen molar-refractivity contribution in [1.82, 2.24) is 9.97 Å². The van der Waals surface area contributed by atoms with Gasteiger partial charge in [0.05, 0.1) is 30.9 Å². The zero-order valence-electron chi connectivity index (χ0n) is 13.7. The van der Waals surface area contributed by atoms with Gasteiger partial charge in [0.1, 0.15) is 5.75 Å². The van der Waals surface area contributed by atoms with Crippen LogP contribution >= 0.6 is 11.8 Å². The number of thioether (sulfide) groups is 1. The van der Waals surface area contributed by atoms with Gasteiger partial charge in [0, 0.05) is 13.2 Å². The molecule has 0 bridgehead atoms. The Bertz CT molecular complexity index is 776. The SMILES string of the molecule is COCc1cc(=O)[nH]c(SCC(=O)Nc2cc(C)ccc2OC)n1. The topological polar surface area (TPSA) is 93.3 Å². The molecule has 0 saturated heterocycles. The fourth-order valence-electron chi connectivity index (χ4n) is 2.01. The van der Waals surface area contributed by atoms with Gasteiger partial charge in [-0.05, 0) is 24.6 Å². The van der Waals surface area contributed by atoms with E-state index in [0.717, 1.165) is 17.3 Å². The number of anilines is 1. The van der Waals surface area contributed by atoms with Crippen LogP contribution in [0.15, 0.2) is 34.2 Å². The Morgan fingerprint density at radius 3 is 2.83 bits per heavy atom.